The molecule has 1 unspecified atom stereocenters. The molecule has 1 aliphatic heterocycles. The fourth-order valence-electron chi connectivity index (χ4n) is 2.69. The molecule has 1 fully saturated rings. The van der Waals surface area contributed by atoms with Crippen LogP contribution in [0.2, 0.25) is 0 Å². The van der Waals surface area contributed by atoms with Crippen LogP contribution in [0.15, 0.2) is 22.7 Å². The lowest BCUT2D eigenvalue weighted by Crippen LogP contribution is -2.40. The Kier molecular flexibility index (Phi) is 3.72. The lowest BCUT2D eigenvalue weighted by atomic mass is 10.2. The Bertz CT molecular complexity index is 588. The highest BCUT2D eigenvalue weighted by atomic mass is 79.9. The Balaban J connectivity index is 2.15. The first-order chi connectivity index (χ1) is 9.16. The highest BCUT2D eigenvalue weighted by molar-refractivity contribution is 9.10. The van der Waals surface area contributed by atoms with Crippen molar-refractivity contribution in [2.75, 3.05) is 18.1 Å². The molecular weight excluding hydrogens is 326 g/mol. The van der Waals surface area contributed by atoms with Crippen LogP contribution in [0, 0.1) is 0 Å². The van der Waals surface area contributed by atoms with Gasteiger partial charge in [-0.3, -0.25) is 0 Å². The van der Waals surface area contributed by atoms with Crippen molar-refractivity contribution < 1.29 is 0 Å². The zero-order valence-electron chi connectivity index (χ0n) is 10.9. The molecule has 2 heterocycles. The molecule has 2 aromatic rings. The molecule has 5 heteroatoms. The van der Waals surface area contributed by atoms with E-state index in [0.717, 1.165) is 34.4 Å². The number of benzene rings is 1. The number of nitrogens with zero attached hydrogens (tertiary/aromatic N) is 3. The van der Waals surface area contributed by atoms with Crippen molar-refractivity contribution in [1.29, 1.82) is 0 Å². The van der Waals surface area contributed by atoms with Gasteiger partial charge < -0.3 is 5.01 Å². The molecular formula is C14H17BrClN3. The molecule has 1 aliphatic rings. The van der Waals surface area contributed by atoms with E-state index in [4.69, 9.17) is 16.6 Å². The third-order valence-corrected chi connectivity index (χ3v) is 4.28. The van der Waals surface area contributed by atoms with Gasteiger partial charge in [-0.05, 0) is 44.4 Å². The Morgan fingerprint density at radius 1 is 1.26 bits per heavy atom. The zero-order valence-corrected chi connectivity index (χ0v) is 13.3. The second-order valence-corrected chi connectivity index (χ2v) is 6.62. The van der Waals surface area contributed by atoms with Crippen LogP contribution in [-0.4, -0.2) is 22.7 Å². The predicted octanol–water partition coefficient (Wildman–Crippen LogP) is 4.22. The molecule has 0 aliphatic carbocycles. The summed E-state index contributed by atoms with van der Waals surface area (Å²) in [6.07, 6.45) is 3.80. The van der Waals surface area contributed by atoms with Crippen LogP contribution in [-0.2, 0) is 0 Å². The highest BCUT2D eigenvalue weighted by Crippen LogP contribution is 2.27. The van der Waals surface area contributed by atoms with Crippen molar-refractivity contribution in [2.24, 2.45) is 0 Å². The first-order valence-corrected chi connectivity index (χ1v) is 7.97. The van der Waals surface area contributed by atoms with Crippen LogP contribution >= 0.6 is 27.5 Å². The summed E-state index contributed by atoms with van der Waals surface area (Å²) in [5.74, 6) is 0.941. The molecule has 0 saturated carbocycles. The van der Waals surface area contributed by atoms with Gasteiger partial charge in [0.2, 0.25) is 0 Å². The molecule has 3 rings (SSSR count). The quantitative estimate of drug-likeness (QED) is 0.762. The number of alkyl halides is 1. The Labute approximate surface area is 126 Å². The van der Waals surface area contributed by atoms with Crippen molar-refractivity contribution in [3.63, 3.8) is 0 Å². The minimum Gasteiger partial charge on any atom is -0.311 e. The second-order valence-electron chi connectivity index (χ2n) is 5.05. The summed E-state index contributed by atoms with van der Waals surface area (Å²) in [6, 6.07) is 6.23. The van der Waals surface area contributed by atoms with Gasteiger partial charge in [0.1, 0.15) is 5.82 Å². The summed E-state index contributed by atoms with van der Waals surface area (Å²) in [5.41, 5.74) is 2.15. The fourth-order valence-corrected chi connectivity index (χ4v) is 3.18. The van der Waals surface area contributed by atoms with E-state index >= 15 is 0 Å². The fraction of sp³-hybridized carbons (Fsp3) is 0.500. The predicted molar refractivity (Wildman–Crippen MR) is 83.5 cm³/mol. The molecule has 1 atom stereocenters. The summed E-state index contributed by atoms with van der Waals surface area (Å²) in [4.78, 5) is 4.71. The lowest BCUT2D eigenvalue weighted by molar-refractivity contribution is 0.475. The maximum absolute atomic E-state index is 6.32. The van der Waals surface area contributed by atoms with Crippen LogP contribution in [0.5, 0.6) is 0 Å². The number of aromatic nitrogens is 2. The van der Waals surface area contributed by atoms with Gasteiger partial charge in [-0.2, -0.15) is 0 Å². The SMILES string of the molecule is CC(Cl)c1nc2cc(Br)ccc2n1N1CCCCC1. The standard InChI is InChI=1S/C14H17BrClN3/c1-10(16)14-17-12-9-11(15)5-6-13(12)19(14)18-7-3-2-4-8-18/h5-6,9-10H,2-4,7-8H2,1H3. The average molecular weight is 343 g/mol. The maximum atomic E-state index is 6.32. The largest absolute Gasteiger partial charge is 0.311 e. The van der Waals surface area contributed by atoms with Crippen LogP contribution < -0.4 is 5.01 Å². The van der Waals surface area contributed by atoms with Gasteiger partial charge >= 0.3 is 0 Å². The maximum Gasteiger partial charge on any atom is 0.146 e. The first-order valence-electron chi connectivity index (χ1n) is 6.74. The van der Waals surface area contributed by atoms with E-state index in [1.54, 1.807) is 0 Å². The molecule has 0 radical (unpaired) electrons. The van der Waals surface area contributed by atoms with Crippen molar-refractivity contribution in [1.82, 2.24) is 9.66 Å². The van der Waals surface area contributed by atoms with Gasteiger partial charge in [0, 0.05) is 17.6 Å². The van der Waals surface area contributed by atoms with Gasteiger partial charge in [0.25, 0.3) is 0 Å². The topological polar surface area (TPSA) is 21.1 Å². The van der Waals surface area contributed by atoms with Crippen molar-refractivity contribution >= 4 is 38.6 Å². The highest BCUT2D eigenvalue weighted by Gasteiger charge is 2.20. The second kappa shape index (κ2) is 5.33. The minimum absolute atomic E-state index is 0.0897. The number of halogens is 2. The summed E-state index contributed by atoms with van der Waals surface area (Å²) in [7, 11) is 0. The van der Waals surface area contributed by atoms with Gasteiger partial charge in [-0.25, -0.2) is 9.66 Å². The summed E-state index contributed by atoms with van der Waals surface area (Å²) in [5, 5.41) is 2.29. The average Bonchev–Trinajstić information content (AvgIpc) is 2.78. The molecule has 1 saturated heterocycles. The molecule has 1 aromatic carbocycles. The molecule has 0 N–H and O–H groups in total. The number of hydrogen-bond donors (Lipinski definition) is 0. The van der Waals surface area contributed by atoms with Crippen LogP contribution in [0.1, 0.15) is 37.4 Å². The summed E-state index contributed by atoms with van der Waals surface area (Å²) in [6.45, 7) is 4.15. The van der Waals surface area contributed by atoms with Crippen LogP contribution in [0.3, 0.4) is 0 Å². The van der Waals surface area contributed by atoms with E-state index in [1.165, 1.54) is 19.3 Å². The summed E-state index contributed by atoms with van der Waals surface area (Å²) < 4.78 is 3.27. The Hall–Kier alpha value is -0.740. The lowest BCUT2D eigenvalue weighted by Gasteiger charge is -2.31. The number of hydrogen-bond acceptors (Lipinski definition) is 2. The summed E-state index contributed by atoms with van der Waals surface area (Å²) >= 11 is 9.82. The molecule has 1 aromatic heterocycles. The number of piperidine rings is 1. The third-order valence-electron chi connectivity index (χ3n) is 3.59. The number of fused-ring (bicyclic) bond motifs is 1. The first kappa shape index (κ1) is 13.3. The van der Waals surface area contributed by atoms with Crippen LogP contribution in [0.25, 0.3) is 11.0 Å². The Morgan fingerprint density at radius 2 is 2.00 bits per heavy atom. The molecule has 0 amide bonds. The monoisotopic (exact) mass is 341 g/mol. The van der Waals surface area contributed by atoms with Crippen molar-refractivity contribution in [3.05, 3.63) is 28.5 Å². The normalized spacial score (nSPS) is 17.9. The third kappa shape index (κ3) is 2.48. The van der Waals surface area contributed by atoms with Gasteiger partial charge in [0.05, 0.1) is 16.4 Å². The number of rotatable bonds is 2. The number of imidazole rings is 1. The van der Waals surface area contributed by atoms with Gasteiger partial charge in [0.15, 0.2) is 0 Å². The van der Waals surface area contributed by atoms with E-state index in [1.807, 2.05) is 6.92 Å². The van der Waals surface area contributed by atoms with E-state index < -0.39 is 0 Å². The van der Waals surface area contributed by atoms with E-state index in [0.29, 0.717) is 0 Å². The molecule has 102 valence electrons. The molecule has 0 bridgehead atoms. The van der Waals surface area contributed by atoms with E-state index in [2.05, 4.69) is 43.8 Å². The van der Waals surface area contributed by atoms with Gasteiger partial charge in [-0.1, -0.05) is 15.9 Å². The van der Waals surface area contributed by atoms with Gasteiger partial charge in [-0.15, -0.1) is 11.6 Å². The molecule has 0 spiro atoms. The van der Waals surface area contributed by atoms with E-state index in [9.17, 15) is 0 Å². The minimum atomic E-state index is -0.0897. The smallest absolute Gasteiger partial charge is 0.146 e. The molecule has 3 nitrogen and oxygen atoms in total. The van der Waals surface area contributed by atoms with Crippen molar-refractivity contribution in [3.8, 4) is 0 Å². The Morgan fingerprint density at radius 3 is 2.68 bits per heavy atom. The zero-order chi connectivity index (χ0) is 13.4. The van der Waals surface area contributed by atoms with Crippen molar-refractivity contribution in [2.45, 2.75) is 31.6 Å². The van der Waals surface area contributed by atoms with E-state index in [-0.39, 0.29) is 5.38 Å². The van der Waals surface area contributed by atoms with Crippen LogP contribution in [0.4, 0.5) is 0 Å². The molecule has 19 heavy (non-hydrogen) atoms.